The number of carbonyl (C=O) groups is 1. The summed E-state index contributed by atoms with van der Waals surface area (Å²) in [6.45, 7) is 2.24. The molecule has 2 N–H and O–H groups in total. The van der Waals surface area contributed by atoms with E-state index in [-0.39, 0.29) is 17.7 Å². The van der Waals surface area contributed by atoms with Gasteiger partial charge in [-0.2, -0.15) is 0 Å². The molecule has 0 unspecified atom stereocenters. The molecule has 3 rings (SSSR count). The average Bonchev–Trinajstić information content (AvgIpc) is 3.17. The third kappa shape index (κ3) is 2.89. The number of amides is 1. The summed E-state index contributed by atoms with van der Waals surface area (Å²) >= 11 is 0. The second-order valence-corrected chi connectivity index (χ2v) is 5.95. The minimum atomic E-state index is -0.437. The Morgan fingerprint density at radius 1 is 1.55 bits per heavy atom. The normalized spacial score (nSPS) is 24.6. The van der Waals surface area contributed by atoms with Gasteiger partial charge in [0.25, 0.3) is 5.91 Å². The van der Waals surface area contributed by atoms with Gasteiger partial charge in [-0.15, -0.1) is 10.2 Å². The van der Waals surface area contributed by atoms with Crippen LogP contribution in [0.3, 0.4) is 0 Å². The first-order chi connectivity index (χ1) is 10.5. The van der Waals surface area contributed by atoms with Crippen molar-refractivity contribution in [1.82, 2.24) is 20.1 Å². The summed E-state index contributed by atoms with van der Waals surface area (Å²) in [7, 11) is 1.90. The molecule has 0 radical (unpaired) electrons. The molecule has 2 heterocycles. The molecule has 0 aliphatic heterocycles. The Morgan fingerprint density at radius 2 is 2.36 bits per heavy atom. The first-order valence-electron chi connectivity index (χ1n) is 7.40. The van der Waals surface area contributed by atoms with Crippen molar-refractivity contribution in [3.8, 4) is 0 Å². The topological polar surface area (TPSA) is 93.2 Å². The van der Waals surface area contributed by atoms with E-state index in [0.29, 0.717) is 24.3 Å². The molecule has 2 aromatic rings. The van der Waals surface area contributed by atoms with Gasteiger partial charge in [-0.3, -0.25) is 4.79 Å². The van der Waals surface area contributed by atoms with E-state index in [2.05, 4.69) is 15.5 Å². The highest BCUT2D eigenvalue weighted by atomic mass is 16.3. The fraction of sp³-hybridized carbons (Fsp3) is 0.533. The van der Waals surface area contributed by atoms with E-state index in [1.807, 2.05) is 11.6 Å². The maximum atomic E-state index is 12.0. The summed E-state index contributed by atoms with van der Waals surface area (Å²) in [5.74, 6) is 1.62. The fourth-order valence-electron chi connectivity index (χ4n) is 3.08. The zero-order valence-electron chi connectivity index (χ0n) is 12.7. The molecular formula is C15H20N4O3. The van der Waals surface area contributed by atoms with Crippen molar-refractivity contribution in [1.29, 1.82) is 0 Å². The van der Waals surface area contributed by atoms with Crippen LogP contribution in [0, 0.1) is 12.8 Å². The van der Waals surface area contributed by atoms with Crippen LogP contribution in [0.5, 0.6) is 0 Å². The maximum Gasteiger partial charge on any atom is 0.254 e. The Hall–Kier alpha value is -2.15. The second kappa shape index (κ2) is 5.92. The lowest BCUT2D eigenvalue weighted by atomic mass is 10.0. The van der Waals surface area contributed by atoms with E-state index in [9.17, 15) is 9.90 Å². The molecule has 3 atom stereocenters. The van der Waals surface area contributed by atoms with Crippen molar-refractivity contribution in [2.24, 2.45) is 13.0 Å². The maximum absolute atomic E-state index is 12.0. The number of nitrogens with one attached hydrogen (secondary N) is 1. The van der Waals surface area contributed by atoms with Crippen molar-refractivity contribution in [3.63, 3.8) is 0 Å². The third-order valence-electron chi connectivity index (χ3n) is 4.29. The Labute approximate surface area is 128 Å². The highest BCUT2D eigenvalue weighted by Gasteiger charge is 2.36. The van der Waals surface area contributed by atoms with Crippen LogP contribution in [0.2, 0.25) is 0 Å². The first-order valence-corrected chi connectivity index (χ1v) is 7.40. The standard InChI is InChI=1S/C15H20N4O3/c1-9-3-12(7-22-9)15(21)16-6-11-4-10(5-13(11)20)14-18-17-8-19(14)2/h3,7-8,10-11,13,20H,4-6H2,1-2H3,(H,16,21)/t10-,11+,13+/m0/s1. The smallest absolute Gasteiger partial charge is 0.254 e. The van der Waals surface area contributed by atoms with Gasteiger partial charge in [-0.05, 0) is 25.8 Å². The predicted molar refractivity (Wildman–Crippen MR) is 78.3 cm³/mol. The van der Waals surface area contributed by atoms with Crippen LogP contribution in [-0.4, -0.2) is 38.4 Å². The summed E-state index contributed by atoms with van der Waals surface area (Å²) in [6.07, 6.45) is 4.11. The molecule has 2 aromatic heterocycles. The average molecular weight is 304 g/mol. The molecule has 22 heavy (non-hydrogen) atoms. The van der Waals surface area contributed by atoms with Gasteiger partial charge in [0.05, 0.1) is 11.7 Å². The largest absolute Gasteiger partial charge is 0.469 e. The Bertz CT molecular complexity index is 663. The number of aromatic nitrogens is 3. The fourth-order valence-corrected chi connectivity index (χ4v) is 3.08. The highest BCUT2D eigenvalue weighted by Crippen LogP contribution is 2.37. The number of aryl methyl sites for hydroxylation is 2. The van der Waals surface area contributed by atoms with Crippen molar-refractivity contribution in [2.75, 3.05) is 6.54 Å². The van der Waals surface area contributed by atoms with Gasteiger partial charge in [0.1, 0.15) is 24.2 Å². The number of hydrogen-bond donors (Lipinski definition) is 2. The molecule has 7 heteroatoms. The summed E-state index contributed by atoms with van der Waals surface area (Å²) in [5, 5.41) is 21.1. The molecule has 7 nitrogen and oxygen atoms in total. The minimum Gasteiger partial charge on any atom is -0.469 e. The summed E-state index contributed by atoms with van der Waals surface area (Å²) in [4.78, 5) is 12.0. The van der Waals surface area contributed by atoms with Crippen molar-refractivity contribution in [2.45, 2.75) is 31.8 Å². The molecule has 0 saturated heterocycles. The zero-order valence-corrected chi connectivity index (χ0v) is 12.7. The van der Waals surface area contributed by atoms with E-state index < -0.39 is 6.10 Å². The van der Waals surface area contributed by atoms with Gasteiger partial charge < -0.3 is 19.4 Å². The second-order valence-electron chi connectivity index (χ2n) is 5.95. The predicted octanol–water partition coefficient (Wildman–Crippen LogP) is 1.00. The van der Waals surface area contributed by atoms with E-state index in [1.165, 1.54) is 6.26 Å². The Kier molecular flexibility index (Phi) is 3.98. The molecule has 1 aliphatic carbocycles. The van der Waals surface area contributed by atoms with Crippen LogP contribution in [0.15, 0.2) is 23.1 Å². The third-order valence-corrected chi connectivity index (χ3v) is 4.29. The number of hydrogen-bond acceptors (Lipinski definition) is 5. The lowest BCUT2D eigenvalue weighted by Crippen LogP contribution is -2.32. The van der Waals surface area contributed by atoms with Crippen LogP contribution in [0.25, 0.3) is 0 Å². The minimum absolute atomic E-state index is 0.0265. The summed E-state index contributed by atoms with van der Waals surface area (Å²) < 4.78 is 7.01. The molecule has 1 saturated carbocycles. The van der Waals surface area contributed by atoms with Gasteiger partial charge >= 0.3 is 0 Å². The molecule has 1 aliphatic rings. The van der Waals surface area contributed by atoms with E-state index in [0.717, 1.165) is 12.2 Å². The molecule has 118 valence electrons. The number of aliphatic hydroxyl groups excluding tert-OH is 1. The van der Waals surface area contributed by atoms with Crippen molar-refractivity contribution < 1.29 is 14.3 Å². The van der Waals surface area contributed by atoms with Crippen LogP contribution in [0.4, 0.5) is 0 Å². The molecule has 1 fully saturated rings. The van der Waals surface area contributed by atoms with Gasteiger partial charge in [0.15, 0.2) is 0 Å². The van der Waals surface area contributed by atoms with E-state index >= 15 is 0 Å². The van der Waals surface area contributed by atoms with Crippen molar-refractivity contribution >= 4 is 5.91 Å². The van der Waals surface area contributed by atoms with Gasteiger partial charge in [0.2, 0.25) is 0 Å². The van der Waals surface area contributed by atoms with Crippen molar-refractivity contribution in [3.05, 3.63) is 35.8 Å². The van der Waals surface area contributed by atoms with E-state index in [4.69, 9.17) is 4.42 Å². The zero-order chi connectivity index (χ0) is 15.7. The summed E-state index contributed by atoms with van der Waals surface area (Å²) in [5.41, 5.74) is 0.509. The number of rotatable bonds is 4. The molecule has 0 spiro atoms. The molecule has 0 bridgehead atoms. The van der Waals surface area contributed by atoms with Crippen LogP contribution < -0.4 is 5.32 Å². The van der Waals surface area contributed by atoms with Crippen LogP contribution in [0.1, 0.15) is 40.7 Å². The molecule has 1 amide bonds. The monoisotopic (exact) mass is 304 g/mol. The molecular weight excluding hydrogens is 284 g/mol. The Balaban J connectivity index is 1.57. The number of furan rings is 1. The van der Waals surface area contributed by atoms with E-state index in [1.54, 1.807) is 19.3 Å². The highest BCUT2D eigenvalue weighted by molar-refractivity contribution is 5.93. The van der Waals surface area contributed by atoms with Gasteiger partial charge in [-0.25, -0.2) is 0 Å². The lowest BCUT2D eigenvalue weighted by Gasteiger charge is -2.14. The molecule has 0 aromatic carbocycles. The van der Waals surface area contributed by atoms with Gasteiger partial charge in [0, 0.05) is 25.4 Å². The van der Waals surface area contributed by atoms with Gasteiger partial charge in [-0.1, -0.05) is 0 Å². The number of aliphatic hydroxyl groups is 1. The van der Waals surface area contributed by atoms with Crippen LogP contribution in [-0.2, 0) is 7.05 Å². The quantitative estimate of drug-likeness (QED) is 0.879. The van der Waals surface area contributed by atoms with Crippen LogP contribution >= 0.6 is 0 Å². The first kappa shape index (κ1) is 14.8. The number of nitrogens with zero attached hydrogens (tertiary/aromatic N) is 3. The summed E-state index contributed by atoms with van der Waals surface area (Å²) in [6, 6.07) is 1.70. The SMILES string of the molecule is Cc1cc(C(=O)NC[C@H]2C[C@H](c3nncn3C)C[C@H]2O)co1. The number of carbonyl (C=O) groups excluding carboxylic acids is 1. The lowest BCUT2D eigenvalue weighted by molar-refractivity contribution is 0.0916. The Morgan fingerprint density at radius 3 is 3.00 bits per heavy atom.